The van der Waals surface area contributed by atoms with E-state index in [1.807, 2.05) is 18.4 Å². The van der Waals surface area contributed by atoms with Crippen LogP contribution in [0.5, 0.6) is 0 Å². The molecule has 1 heterocycles. The zero-order chi connectivity index (χ0) is 17.0. The van der Waals surface area contributed by atoms with Crippen molar-refractivity contribution in [3.05, 3.63) is 57.3 Å². The largest absolute Gasteiger partial charge is 0.416 e. The molecule has 0 fully saturated rings. The van der Waals surface area contributed by atoms with Crippen molar-refractivity contribution in [2.75, 3.05) is 7.05 Å². The van der Waals surface area contributed by atoms with Gasteiger partial charge < -0.3 is 10.2 Å². The molecule has 0 aliphatic carbocycles. The van der Waals surface area contributed by atoms with Gasteiger partial charge in [0.05, 0.1) is 12.1 Å². The normalized spacial score (nSPS) is 11.3. The van der Waals surface area contributed by atoms with E-state index in [1.165, 1.54) is 17.0 Å². The highest BCUT2D eigenvalue weighted by atomic mass is 32.1. The van der Waals surface area contributed by atoms with Gasteiger partial charge in [0.15, 0.2) is 0 Å². The van der Waals surface area contributed by atoms with Crippen molar-refractivity contribution in [3.8, 4) is 0 Å². The maximum atomic E-state index is 12.5. The van der Waals surface area contributed by atoms with Crippen molar-refractivity contribution in [1.29, 1.82) is 0 Å². The quantitative estimate of drug-likeness (QED) is 0.877. The molecule has 3 nitrogen and oxygen atoms in total. The van der Waals surface area contributed by atoms with Gasteiger partial charge >= 0.3 is 12.2 Å². The molecule has 0 radical (unpaired) electrons. The summed E-state index contributed by atoms with van der Waals surface area (Å²) in [7, 11) is 1.61. The first-order valence-corrected chi connectivity index (χ1v) is 7.83. The lowest BCUT2D eigenvalue weighted by molar-refractivity contribution is -0.137. The van der Waals surface area contributed by atoms with Crippen molar-refractivity contribution < 1.29 is 18.0 Å². The molecule has 2 aromatic rings. The average molecular weight is 342 g/mol. The third-order valence-electron chi connectivity index (χ3n) is 3.42. The topological polar surface area (TPSA) is 32.3 Å². The molecular weight excluding hydrogens is 325 g/mol. The van der Waals surface area contributed by atoms with Gasteiger partial charge in [-0.3, -0.25) is 0 Å². The fourth-order valence-corrected chi connectivity index (χ4v) is 2.87. The van der Waals surface area contributed by atoms with Gasteiger partial charge in [-0.25, -0.2) is 4.79 Å². The number of nitrogens with zero attached hydrogens (tertiary/aromatic N) is 1. The van der Waals surface area contributed by atoms with Crippen molar-refractivity contribution in [2.24, 2.45) is 0 Å². The minimum Gasteiger partial charge on any atom is -0.333 e. The van der Waals surface area contributed by atoms with Crippen LogP contribution in [0.2, 0.25) is 0 Å². The van der Waals surface area contributed by atoms with Crippen molar-refractivity contribution in [2.45, 2.75) is 26.2 Å². The molecule has 124 valence electrons. The van der Waals surface area contributed by atoms with Gasteiger partial charge in [0.1, 0.15) is 0 Å². The summed E-state index contributed by atoms with van der Waals surface area (Å²) in [5.41, 5.74) is 1.07. The van der Waals surface area contributed by atoms with Crippen LogP contribution < -0.4 is 5.32 Å². The van der Waals surface area contributed by atoms with Crippen molar-refractivity contribution in [3.63, 3.8) is 0 Å². The van der Waals surface area contributed by atoms with E-state index in [0.29, 0.717) is 12.1 Å². The van der Waals surface area contributed by atoms with E-state index in [4.69, 9.17) is 0 Å². The van der Waals surface area contributed by atoms with E-state index in [1.54, 1.807) is 18.4 Å². The maximum absolute atomic E-state index is 12.5. The Balaban J connectivity index is 1.89. The Morgan fingerprint density at radius 1 is 1.22 bits per heavy atom. The molecule has 1 aromatic heterocycles. The number of alkyl halides is 3. The number of amides is 2. The lowest BCUT2D eigenvalue weighted by Gasteiger charge is -2.18. The van der Waals surface area contributed by atoms with Crippen molar-refractivity contribution >= 4 is 17.4 Å². The van der Waals surface area contributed by atoms with Crippen LogP contribution in [0.4, 0.5) is 18.0 Å². The number of urea groups is 1. The van der Waals surface area contributed by atoms with E-state index in [9.17, 15) is 18.0 Å². The van der Waals surface area contributed by atoms with E-state index in [0.717, 1.165) is 22.6 Å². The van der Waals surface area contributed by atoms with Gasteiger partial charge in [0.2, 0.25) is 0 Å². The average Bonchev–Trinajstić information content (AvgIpc) is 2.89. The number of thiophene rings is 1. The van der Waals surface area contributed by atoms with Crippen LogP contribution >= 0.6 is 11.3 Å². The zero-order valence-electron chi connectivity index (χ0n) is 12.8. The minimum absolute atomic E-state index is 0.243. The molecule has 1 N–H and O–H groups in total. The highest BCUT2D eigenvalue weighted by Crippen LogP contribution is 2.29. The molecule has 0 unspecified atom stereocenters. The van der Waals surface area contributed by atoms with Gasteiger partial charge in [-0.15, -0.1) is 11.3 Å². The fraction of sp³-hybridized carbons (Fsp3) is 0.312. The molecule has 0 bridgehead atoms. The summed E-state index contributed by atoms with van der Waals surface area (Å²) in [6.45, 7) is 2.66. The number of rotatable bonds is 4. The third kappa shape index (κ3) is 4.72. The third-order valence-corrected chi connectivity index (χ3v) is 4.44. The predicted octanol–water partition coefficient (Wildman–Crippen LogP) is 4.42. The van der Waals surface area contributed by atoms with Gasteiger partial charge in [-0.05, 0) is 41.6 Å². The predicted molar refractivity (Wildman–Crippen MR) is 84.2 cm³/mol. The first kappa shape index (κ1) is 17.3. The summed E-state index contributed by atoms with van der Waals surface area (Å²) in [6.07, 6.45) is -4.35. The summed E-state index contributed by atoms with van der Waals surface area (Å²) in [6, 6.07) is 6.54. The van der Waals surface area contributed by atoms with Crippen LogP contribution in [0.3, 0.4) is 0 Å². The maximum Gasteiger partial charge on any atom is 0.416 e. The number of nitrogens with one attached hydrogen (secondary N) is 1. The number of hydrogen-bond acceptors (Lipinski definition) is 2. The number of carbonyl (C=O) groups is 1. The molecule has 2 rings (SSSR count). The van der Waals surface area contributed by atoms with E-state index in [-0.39, 0.29) is 12.6 Å². The summed E-state index contributed by atoms with van der Waals surface area (Å²) in [4.78, 5) is 14.5. The zero-order valence-corrected chi connectivity index (χ0v) is 13.6. The minimum atomic E-state index is -4.35. The first-order chi connectivity index (χ1) is 10.8. The summed E-state index contributed by atoms with van der Waals surface area (Å²) < 4.78 is 37.5. The lowest BCUT2D eigenvalue weighted by Crippen LogP contribution is -2.36. The Labute approximate surface area is 136 Å². The summed E-state index contributed by atoms with van der Waals surface area (Å²) in [5, 5.41) is 4.76. The Morgan fingerprint density at radius 2 is 1.87 bits per heavy atom. The molecule has 0 atom stereocenters. The first-order valence-electron chi connectivity index (χ1n) is 6.95. The Bertz CT molecular complexity index is 665. The second kappa shape index (κ2) is 7.04. The van der Waals surface area contributed by atoms with Crippen LogP contribution in [0.15, 0.2) is 35.7 Å². The molecule has 7 heteroatoms. The highest BCUT2D eigenvalue weighted by Gasteiger charge is 2.29. The van der Waals surface area contributed by atoms with Crippen LogP contribution in [-0.4, -0.2) is 18.0 Å². The van der Waals surface area contributed by atoms with Crippen molar-refractivity contribution in [1.82, 2.24) is 10.2 Å². The Hall–Kier alpha value is -2.02. The number of benzene rings is 1. The van der Waals surface area contributed by atoms with Gasteiger partial charge in [0.25, 0.3) is 0 Å². The Kier molecular flexibility index (Phi) is 5.30. The van der Waals surface area contributed by atoms with Crippen LogP contribution in [-0.2, 0) is 19.3 Å². The SMILES string of the molecule is Cc1ccsc1CNC(=O)N(C)Cc1ccc(C(F)(F)F)cc1. The summed E-state index contributed by atoms with van der Waals surface area (Å²) in [5.74, 6) is 0. The molecule has 1 aromatic carbocycles. The van der Waals surface area contributed by atoms with Gasteiger partial charge in [-0.1, -0.05) is 12.1 Å². The van der Waals surface area contributed by atoms with E-state index < -0.39 is 11.7 Å². The smallest absolute Gasteiger partial charge is 0.333 e. The second-order valence-corrected chi connectivity index (χ2v) is 6.24. The Morgan fingerprint density at radius 3 is 2.39 bits per heavy atom. The molecule has 0 spiro atoms. The van der Waals surface area contributed by atoms with Gasteiger partial charge in [-0.2, -0.15) is 13.2 Å². The standard InChI is InChI=1S/C16H17F3N2OS/c1-11-7-8-23-14(11)9-20-15(22)21(2)10-12-3-5-13(6-4-12)16(17,18)19/h3-8H,9-10H2,1-2H3,(H,20,22). The second-order valence-electron chi connectivity index (χ2n) is 5.24. The lowest BCUT2D eigenvalue weighted by atomic mass is 10.1. The van der Waals surface area contributed by atoms with Crippen LogP contribution in [0.25, 0.3) is 0 Å². The van der Waals surface area contributed by atoms with E-state index in [2.05, 4.69) is 5.32 Å². The highest BCUT2D eigenvalue weighted by molar-refractivity contribution is 7.10. The molecular formula is C16H17F3N2OS. The van der Waals surface area contributed by atoms with Gasteiger partial charge in [0, 0.05) is 18.5 Å². The number of halogens is 3. The molecule has 0 aliphatic rings. The number of aryl methyl sites for hydroxylation is 1. The van der Waals surface area contributed by atoms with Crippen LogP contribution in [0.1, 0.15) is 21.6 Å². The summed E-state index contributed by atoms with van der Waals surface area (Å²) >= 11 is 1.57. The molecule has 2 amide bonds. The fourth-order valence-electron chi connectivity index (χ4n) is 2.02. The molecule has 0 aliphatic heterocycles. The monoisotopic (exact) mass is 342 g/mol. The molecule has 0 saturated carbocycles. The van der Waals surface area contributed by atoms with E-state index >= 15 is 0 Å². The molecule has 0 saturated heterocycles. The number of carbonyl (C=O) groups excluding carboxylic acids is 1. The number of hydrogen-bond donors (Lipinski definition) is 1. The van der Waals surface area contributed by atoms with Crippen LogP contribution in [0, 0.1) is 6.92 Å². The molecule has 23 heavy (non-hydrogen) atoms.